The zero-order chi connectivity index (χ0) is 15.6. The van der Waals surface area contributed by atoms with E-state index < -0.39 is 28.0 Å². The van der Waals surface area contributed by atoms with Crippen LogP contribution in [0.3, 0.4) is 0 Å². The Balaban J connectivity index is 2.44. The number of rotatable bonds is 5. The highest BCUT2D eigenvalue weighted by molar-refractivity contribution is 5.90. The van der Waals surface area contributed by atoms with Crippen molar-refractivity contribution in [2.75, 3.05) is 11.9 Å². The van der Waals surface area contributed by atoms with Gasteiger partial charge < -0.3 is 14.4 Å². The Hall–Kier alpha value is -2.90. The van der Waals surface area contributed by atoms with Crippen LogP contribution < -0.4 is 4.90 Å². The number of carboxylic acids is 1. The van der Waals surface area contributed by atoms with Crippen LogP contribution in [0.1, 0.15) is 16.1 Å². The SMILES string of the molecule is CN(Cc1ccco1)c1cc(F)c(C(=O)O)cc1[N+](=O)[O-]. The molecule has 0 aliphatic heterocycles. The van der Waals surface area contributed by atoms with Crippen molar-refractivity contribution in [1.82, 2.24) is 0 Å². The average Bonchev–Trinajstić information content (AvgIpc) is 2.90. The van der Waals surface area contributed by atoms with Gasteiger partial charge in [0.2, 0.25) is 0 Å². The monoisotopic (exact) mass is 294 g/mol. The summed E-state index contributed by atoms with van der Waals surface area (Å²) in [7, 11) is 1.52. The summed E-state index contributed by atoms with van der Waals surface area (Å²) in [6.07, 6.45) is 1.45. The third kappa shape index (κ3) is 2.99. The van der Waals surface area contributed by atoms with E-state index in [0.717, 1.165) is 6.07 Å². The molecule has 7 nitrogen and oxygen atoms in total. The van der Waals surface area contributed by atoms with E-state index in [1.165, 1.54) is 18.2 Å². The molecule has 0 atom stereocenters. The molecule has 2 aromatic rings. The smallest absolute Gasteiger partial charge is 0.338 e. The van der Waals surface area contributed by atoms with Gasteiger partial charge in [-0.05, 0) is 12.1 Å². The number of halogens is 1. The molecule has 2 rings (SSSR count). The van der Waals surface area contributed by atoms with Gasteiger partial charge in [-0.15, -0.1) is 0 Å². The van der Waals surface area contributed by atoms with Crippen molar-refractivity contribution in [1.29, 1.82) is 0 Å². The third-order valence-electron chi connectivity index (χ3n) is 2.88. The first-order valence-corrected chi connectivity index (χ1v) is 5.85. The van der Waals surface area contributed by atoms with Crippen LogP contribution in [-0.2, 0) is 6.54 Å². The van der Waals surface area contributed by atoms with Crippen LogP contribution in [0.15, 0.2) is 34.9 Å². The molecule has 0 fully saturated rings. The van der Waals surface area contributed by atoms with Gasteiger partial charge in [-0.2, -0.15) is 0 Å². The minimum Gasteiger partial charge on any atom is -0.478 e. The summed E-state index contributed by atoms with van der Waals surface area (Å²) in [6.45, 7) is 0.180. The van der Waals surface area contributed by atoms with Crippen LogP contribution in [0.25, 0.3) is 0 Å². The average molecular weight is 294 g/mol. The summed E-state index contributed by atoms with van der Waals surface area (Å²) >= 11 is 0. The number of carbonyl (C=O) groups is 1. The van der Waals surface area contributed by atoms with Crippen molar-refractivity contribution in [2.24, 2.45) is 0 Å². The van der Waals surface area contributed by atoms with E-state index in [0.29, 0.717) is 11.8 Å². The lowest BCUT2D eigenvalue weighted by atomic mass is 10.1. The summed E-state index contributed by atoms with van der Waals surface area (Å²) in [5.74, 6) is -2.06. The second-order valence-corrected chi connectivity index (χ2v) is 4.32. The fourth-order valence-corrected chi connectivity index (χ4v) is 1.89. The van der Waals surface area contributed by atoms with E-state index in [9.17, 15) is 19.3 Å². The Morgan fingerprint density at radius 3 is 2.76 bits per heavy atom. The standard InChI is InChI=1S/C13H11FN2O5/c1-15(7-8-3-2-4-21-8)11-6-10(14)9(13(17)18)5-12(11)16(19)20/h2-6H,7H2,1H3,(H,17,18). The molecule has 8 heteroatoms. The largest absolute Gasteiger partial charge is 0.478 e. The molecular weight excluding hydrogens is 283 g/mol. The van der Waals surface area contributed by atoms with Crippen molar-refractivity contribution >= 4 is 17.3 Å². The third-order valence-corrected chi connectivity index (χ3v) is 2.88. The van der Waals surface area contributed by atoms with Gasteiger partial charge >= 0.3 is 5.97 Å². The maximum atomic E-state index is 13.7. The molecule has 1 heterocycles. The molecule has 0 saturated heterocycles. The van der Waals surface area contributed by atoms with E-state index in [2.05, 4.69) is 0 Å². The lowest BCUT2D eigenvalue weighted by Crippen LogP contribution is -2.18. The predicted molar refractivity (Wildman–Crippen MR) is 70.8 cm³/mol. The Morgan fingerprint density at radius 2 is 2.24 bits per heavy atom. The molecule has 1 N–H and O–H groups in total. The van der Waals surface area contributed by atoms with Crippen LogP contribution in [0.2, 0.25) is 0 Å². The molecule has 1 aromatic heterocycles. The maximum absolute atomic E-state index is 13.7. The van der Waals surface area contributed by atoms with Gasteiger partial charge in [0.1, 0.15) is 22.8 Å². The Morgan fingerprint density at radius 1 is 1.52 bits per heavy atom. The lowest BCUT2D eigenvalue weighted by Gasteiger charge is -2.18. The molecule has 0 bridgehead atoms. The number of hydrogen-bond acceptors (Lipinski definition) is 5. The Labute approximate surface area is 118 Å². The van der Waals surface area contributed by atoms with Crippen molar-refractivity contribution < 1.29 is 23.6 Å². The summed E-state index contributed by atoms with van der Waals surface area (Å²) in [4.78, 5) is 22.6. The number of nitrogens with zero attached hydrogens (tertiary/aromatic N) is 2. The van der Waals surface area contributed by atoms with E-state index in [1.54, 1.807) is 12.1 Å². The van der Waals surface area contributed by atoms with Crippen molar-refractivity contribution in [3.63, 3.8) is 0 Å². The van der Waals surface area contributed by atoms with E-state index >= 15 is 0 Å². The van der Waals surface area contributed by atoms with Crippen molar-refractivity contribution in [2.45, 2.75) is 6.54 Å². The van der Waals surface area contributed by atoms with Gasteiger partial charge in [-0.3, -0.25) is 10.1 Å². The van der Waals surface area contributed by atoms with Crippen molar-refractivity contribution in [3.8, 4) is 0 Å². The van der Waals surface area contributed by atoms with E-state index in [-0.39, 0.29) is 12.2 Å². The van der Waals surface area contributed by atoms with Gasteiger partial charge in [-0.25, -0.2) is 9.18 Å². The summed E-state index contributed by atoms with van der Waals surface area (Å²) in [5, 5.41) is 19.9. The zero-order valence-corrected chi connectivity index (χ0v) is 10.9. The normalized spacial score (nSPS) is 10.4. The first kappa shape index (κ1) is 14.5. The van der Waals surface area contributed by atoms with Crippen LogP contribution in [0.5, 0.6) is 0 Å². The van der Waals surface area contributed by atoms with Gasteiger partial charge in [0, 0.05) is 19.2 Å². The summed E-state index contributed by atoms with van der Waals surface area (Å²) < 4.78 is 18.8. The molecule has 21 heavy (non-hydrogen) atoms. The molecular formula is C13H11FN2O5. The van der Waals surface area contributed by atoms with Gasteiger partial charge in [0.05, 0.1) is 17.7 Å². The fourth-order valence-electron chi connectivity index (χ4n) is 1.89. The topological polar surface area (TPSA) is 96.8 Å². The second-order valence-electron chi connectivity index (χ2n) is 4.32. The van der Waals surface area contributed by atoms with E-state index in [4.69, 9.17) is 9.52 Å². The number of nitro groups is 1. The highest BCUT2D eigenvalue weighted by Crippen LogP contribution is 2.31. The quantitative estimate of drug-likeness (QED) is 0.672. The molecule has 0 radical (unpaired) electrons. The number of nitro benzene ring substituents is 1. The first-order valence-electron chi connectivity index (χ1n) is 5.85. The number of carboxylic acid groups (broad SMARTS) is 1. The number of hydrogen-bond donors (Lipinski definition) is 1. The molecule has 0 aliphatic carbocycles. The predicted octanol–water partition coefficient (Wildman–Crippen LogP) is 2.66. The van der Waals surface area contributed by atoms with Crippen LogP contribution in [0, 0.1) is 15.9 Å². The molecule has 110 valence electrons. The molecule has 0 unspecified atom stereocenters. The lowest BCUT2D eigenvalue weighted by molar-refractivity contribution is -0.384. The minimum absolute atomic E-state index is 0.0288. The second kappa shape index (κ2) is 5.61. The van der Waals surface area contributed by atoms with Crippen LogP contribution in [0.4, 0.5) is 15.8 Å². The highest BCUT2D eigenvalue weighted by atomic mass is 19.1. The van der Waals surface area contributed by atoms with Gasteiger partial charge in [0.15, 0.2) is 0 Å². The summed E-state index contributed by atoms with van der Waals surface area (Å²) in [5.41, 5.74) is -1.25. The first-order chi connectivity index (χ1) is 9.90. The zero-order valence-electron chi connectivity index (χ0n) is 10.9. The molecule has 0 aliphatic rings. The molecule has 0 amide bonds. The fraction of sp³-hybridized carbons (Fsp3) is 0.154. The van der Waals surface area contributed by atoms with Crippen molar-refractivity contribution in [3.05, 3.63) is 57.8 Å². The Bertz CT molecular complexity index is 684. The minimum atomic E-state index is -1.56. The Kier molecular flexibility index (Phi) is 3.88. The molecule has 0 saturated carbocycles. The number of furan rings is 1. The van der Waals surface area contributed by atoms with Gasteiger partial charge in [0.25, 0.3) is 5.69 Å². The number of benzene rings is 1. The van der Waals surface area contributed by atoms with Crippen LogP contribution >= 0.6 is 0 Å². The summed E-state index contributed by atoms with van der Waals surface area (Å²) in [6, 6.07) is 4.88. The molecule has 0 spiro atoms. The van der Waals surface area contributed by atoms with E-state index in [1.807, 2.05) is 0 Å². The highest BCUT2D eigenvalue weighted by Gasteiger charge is 2.24. The molecule has 1 aromatic carbocycles. The van der Waals surface area contributed by atoms with Crippen LogP contribution in [-0.4, -0.2) is 23.0 Å². The number of aromatic carboxylic acids is 1. The van der Waals surface area contributed by atoms with Gasteiger partial charge in [-0.1, -0.05) is 0 Å². The maximum Gasteiger partial charge on any atom is 0.338 e. The number of anilines is 1.